The normalized spacial score (nSPS) is 21.1. The number of para-hydroxylation sites is 1. The van der Waals surface area contributed by atoms with Gasteiger partial charge in [0.2, 0.25) is 0 Å². The molecule has 0 amide bonds. The number of piperidine rings is 1. The molecule has 5 nitrogen and oxygen atoms in total. The van der Waals surface area contributed by atoms with Gasteiger partial charge in [0.05, 0.1) is 12.6 Å². The maximum Gasteiger partial charge on any atom is 0.145 e. The lowest BCUT2D eigenvalue weighted by Gasteiger charge is -2.35. The summed E-state index contributed by atoms with van der Waals surface area (Å²) in [7, 11) is 2.16. The quantitative estimate of drug-likeness (QED) is 0.684. The maximum absolute atomic E-state index is 6.20. The highest BCUT2D eigenvalue weighted by Gasteiger charge is 2.29. The summed E-state index contributed by atoms with van der Waals surface area (Å²) in [5, 5.41) is 1.22. The Hall–Kier alpha value is -2.24. The highest BCUT2D eigenvalue weighted by atomic mass is 16.3. The van der Waals surface area contributed by atoms with E-state index in [1.807, 2.05) is 6.07 Å². The molecule has 0 spiro atoms. The molecule has 2 aliphatic heterocycles. The van der Waals surface area contributed by atoms with Crippen LogP contribution in [-0.2, 0) is 19.5 Å². The molecule has 1 atom stereocenters. The molecule has 2 aromatic heterocycles. The van der Waals surface area contributed by atoms with E-state index in [-0.39, 0.29) is 6.04 Å². The van der Waals surface area contributed by atoms with Crippen molar-refractivity contribution in [2.75, 3.05) is 20.1 Å². The monoisotopic (exact) mass is 376 g/mol. The first-order chi connectivity index (χ1) is 13.7. The molecular weight excluding hydrogens is 348 g/mol. The summed E-state index contributed by atoms with van der Waals surface area (Å²) in [6.07, 6.45) is 6.68. The third-order valence-electron chi connectivity index (χ3n) is 6.34. The summed E-state index contributed by atoms with van der Waals surface area (Å²) in [5.74, 6) is 2.07. The fraction of sp³-hybridized carbons (Fsp3) is 0.478. The van der Waals surface area contributed by atoms with Crippen LogP contribution in [0.4, 0.5) is 0 Å². The Morgan fingerprint density at radius 1 is 1.18 bits per heavy atom. The largest absolute Gasteiger partial charge is 0.459 e. The van der Waals surface area contributed by atoms with Gasteiger partial charge < -0.3 is 9.32 Å². The van der Waals surface area contributed by atoms with Gasteiger partial charge >= 0.3 is 0 Å². The fourth-order valence-electron chi connectivity index (χ4n) is 4.67. The molecule has 2 aliphatic rings. The van der Waals surface area contributed by atoms with Crippen LogP contribution in [0.3, 0.4) is 0 Å². The molecule has 0 bridgehead atoms. The summed E-state index contributed by atoms with van der Waals surface area (Å²) < 4.78 is 6.20. The van der Waals surface area contributed by atoms with E-state index in [4.69, 9.17) is 14.4 Å². The minimum absolute atomic E-state index is 0.284. The van der Waals surface area contributed by atoms with Crippen LogP contribution < -0.4 is 0 Å². The zero-order chi connectivity index (χ0) is 19.1. The van der Waals surface area contributed by atoms with Crippen LogP contribution >= 0.6 is 0 Å². The summed E-state index contributed by atoms with van der Waals surface area (Å²) in [6.45, 7) is 6.11. The SMILES string of the molecule is Cc1c(CN2CCCCC2c2ncc3c(n2)CCN(C)C3)oc2ccccc12. The second-order valence-corrected chi connectivity index (χ2v) is 8.32. The van der Waals surface area contributed by atoms with Crippen molar-refractivity contribution in [2.24, 2.45) is 0 Å². The van der Waals surface area contributed by atoms with Gasteiger partial charge in [0, 0.05) is 42.4 Å². The average molecular weight is 377 g/mol. The molecule has 1 aromatic carbocycles. The lowest BCUT2D eigenvalue weighted by molar-refractivity contribution is 0.124. The van der Waals surface area contributed by atoms with Crippen molar-refractivity contribution in [3.8, 4) is 0 Å². The first kappa shape index (κ1) is 17.8. The number of hydrogen-bond acceptors (Lipinski definition) is 5. The van der Waals surface area contributed by atoms with E-state index in [2.05, 4.69) is 48.2 Å². The molecular formula is C23H28N4O. The van der Waals surface area contributed by atoms with Crippen LogP contribution in [0.5, 0.6) is 0 Å². The Balaban J connectivity index is 1.43. The number of hydrogen-bond donors (Lipinski definition) is 0. The summed E-state index contributed by atoms with van der Waals surface area (Å²) in [6, 6.07) is 8.61. The smallest absolute Gasteiger partial charge is 0.145 e. The van der Waals surface area contributed by atoms with E-state index in [1.165, 1.54) is 35.0 Å². The number of furan rings is 1. The van der Waals surface area contributed by atoms with Crippen molar-refractivity contribution in [1.29, 1.82) is 0 Å². The van der Waals surface area contributed by atoms with Gasteiger partial charge in [-0.3, -0.25) is 4.90 Å². The highest BCUT2D eigenvalue weighted by Crippen LogP contribution is 2.33. The summed E-state index contributed by atoms with van der Waals surface area (Å²) in [5.41, 5.74) is 4.77. The zero-order valence-corrected chi connectivity index (χ0v) is 16.8. The van der Waals surface area contributed by atoms with Crippen molar-refractivity contribution >= 4 is 11.0 Å². The molecule has 1 fully saturated rings. The third kappa shape index (κ3) is 3.23. The molecule has 0 aliphatic carbocycles. The van der Waals surface area contributed by atoms with E-state index in [0.29, 0.717) is 0 Å². The summed E-state index contributed by atoms with van der Waals surface area (Å²) >= 11 is 0. The molecule has 5 rings (SSSR count). The molecule has 0 N–H and O–H groups in total. The third-order valence-corrected chi connectivity index (χ3v) is 6.34. The predicted molar refractivity (Wildman–Crippen MR) is 110 cm³/mol. The second-order valence-electron chi connectivity index (χ2n) is 8.32. The van der Waals surface area contributed by atoms with Gasteiger partial charge in [-0.15, -0.1) is 0 Å². The number of aryl methyl sites for hydroxylation is 1. The minimum atomic E-state index is 0.284. The number of aromatic nitrogens is 2. The second kappa shape index (κ2) is 7.30. The lowest BCUT2D eigenvalue weighted by Crippen LogP contribution is -2.35. The first-order valence-electron chi connectivity index (χ1n) is 10.4. The summed E-state index contributed by atoms with van der Waals surface area (Å²) in [4.78, 5) is 14.7. The number of nitrogens with zero attached hydrogens (tertiary/aromatic N) is 4. The Morgan fingerprint density at radius 3 is 2.96 bits per heavy atom. The van der Waals surface area contributed by atoms with E-state index in [9.17, 15) is 0 Å². The van der Waals surface area contributed by atoms with E-state index < -0.39 is 0 Å². The van der Waals surface area contributed by atoms with Gasteiger partial charge in [0.1, 0.15) is 17.2 Å². The highest BCUT2D eigenvalue weighted by molar-refractivity contribution is 5.81. The van der Waals surface area contributed by atoms with Crippen LogP contribution in [-0.4, -0.2) is 39.9 Å². The average Bonchev–Trinajstić information content (AvgIpc) is 3.04. The fourth-order valence-corrected chi connectivity index (χ4v) is 4.67. The predicted octanol–water partition coefficient (Wildman–Crippen LogP) is 4.25. The molecule has 0 saturated carbocycles. The van der Waals surface area contributed by atoms with Crippen molar-refractivity contribution < 1.29 is 4.42 Å². The Labute approximate surface area is 166 Å². The lowest BCUT2D eigenvalue weighted by atomic mass is 10.00. The van der Waals surface area contributed by atoms with Crippen molar-refractivity contribution in [3.63, 3.8) is 0 Å². The van der Waals surface area contributed by atoms with Crippen LogP contribution in [0, 0.1) is 6.92 Å². The minimum Gasteiger partial charge on any atom is -0.459 e. The number of likely N-dealkylation sites (tertiary alicyclic amines) is 1. The van der Waals surface area contributed by atoms with Crippen LogP contribution in [0.25, 0.3) is 11.0 Å². The molecule has 146 valence electrons. The molecule has 1 saturated heterocycles. The van der Waals surface area contributed by atoms with Crippen LogP contribution in [0.15, 0.2) is 34.9 Å². The van der Waals surface area contributed by atoms with Gasteiger partial charge in [0.25, 0.3) is 0 Å². The number of benzene rings is 1. The number of fused-ring (bicyclic) bond motifs is 2. The van der Waals surface area contributed by atoms with E-state index >= 15 is 0 Å². The number of rotatable bonds is 3. The topological polar surface area (TPSA) is 45.4 Å². The molecule has 1 unspecified atom stereocenters. The van der Waals surface area contributed by atoms with Crippen molar-refractivity contribution in [2.45, 2.75) is 51.7 Å². The van der Waals surface area contributed by atoms with Gasteiger partial charge in [-0.05, 0) is 45.0 Å². The van der Waals surface area contributed by atoms with Gasteiger partial charge in [0.15, 0.2) is 0 Å². The zero-order valence-electron chi connectivity index (χ0n) is 16.8. The number of likely N-dealkylation sites (N-methyl/N-ethyl adjacent to an activating group) is 1. The molecule has 0 radical (unpaired) electrons. The molecule has 28 heavy (non-hydrogen) atoms. The van der Waals surface area contributed by atoms with Crippen molar-refractivity contribution in [3.05, 3.63) is 58.9 Å². The van der Waals surface area contributed by atoms with Gasteiger partial charge in [-0.2, -0.15) is 0 Å². The van der Waals surface area contributed by atoms with Crippen LogP contribution in [0.1, 0.15) is 53.7 Å². The van der Waals surface area contributed by atoms with Crippen LogP contribution in [0.2, 0.25) is 0 Å². The van der Waals surface area contributed by atoms with Gasteiger partial charge in [-0.1, -0.05) is 24.6 Å². The Bertz CT molecular complexity index is 995. The molecule has 3 aromatic rings. The van der Waals surface area contributed by atoms with Gasteiger partial charge in [-0.25, -0.2) is 9.97 Å². The standard InChI is InChI=1S/C23H28N4O/c1-16-18-7-3-4-9-21(18)28-22(16)15-27-11-6-5-8-20(27)23-24-13-17-14-26(2)12-10-19(17)25-23/h3-4,7,9,13,20H,5-6,8,10-12,14-15H2,1-2H3. The van der Waals surface area contributed by atoms with E-state index in [1.54, 1.807) is 0 Å². The van der Waals surface area contributed by atoms with Crippen molar-refractivity contribution in [1.82, 2.24) is 19.8 Å². The van der Waals surface area contributed by atoms with E-state index in [0.717, 1.165) is 56.2 Å². The maximum atomic E-state index is 6.20. The Kier molecular flexibility index (Phi) is 4.65. The molecule has 4 heterocycles. The molecule has 5 heteroatoms. The first-order valence-corrected chi connectivity index (χ1v) is 10.4. The Morgan fingerprint density at radius 2 is 2.07 bits per heavy atom.